The molecule has 0 radical (unpaired) electrons. The fourth-order valence-corrected chi connectivity index (χ4v) is 3.10. The lowest BCUT2D eigenvalue weighted by atomic mass is 10.1. The fraction of sp³-hybridized carbons (Fsp3) is 0.0800. The normalized spacial score (nSPS) is 10.5. The molecule has 0 atom stereocenters. The Bertz CT molecular complexity index is 1220. The number of nitrogens with one attached hydrogen (secondary N) is 1. The zero-order valence-electron chi connectivity index (χ0n) is 16.8. The minimum atomic E-state index is -0.279. The summed E-state index contributed by atoms with van der Waals surface area (Å²) >= 11 is 0. The van der Waals surface area contributed by atoms with Gasteiger partial charge in [-0.2, -0.15) is 5.10 Å². The summed E-state index contributed by atoms with van der Waals surface area (Å²) in [7, 11) is 0. The van der Waals surface area contributed by atoms with Crippen molar-refractivity contribution in [2.24, 2.45) is 0 Å². The number of hydrogen-bond donors (Lipinski definition) is 1. The van der Waals surface area contributed by atoms with Gasteiger partial charge in [0.2, 0.25) is 0 Å². The van der Waals surface area contributed by atoms with Gasteiger partial charge in [0.25, 0.3) is 11.5 Å². The molecule has 6 heteroatoms. The molecule has 0 aliphatic carbocycles. The van der Waals surface area contributed by atoms with Crippen molar-refractivity contribution in [3.63, 3.8) is 0 Å². The van der Waals surface area contributed by atoms with Crippen molar-refractivity contribution in [1.29, 1.82) is 0 Å². The van der Waals surface area contributed by atoms with Gasteiger partial charge < -0.3 is 10.1 Å². The van der Waals surface area contributed by atoms with Crippen molar-refractivity contribution in [2.45, 2.75) is 6.54 Å². The summed E-state index contributed by atoms with van der Waals surface area (Å²) in [5.74, 6) is 0.836. The molecule has 154 valence electrons. The predicted octanol–water partition coefficient (Wildman–Crippen LogP) is 4.13. The number of amides is 1. The van der Waals surface area contributed by atoms with E-state index in [1.165, 1.54) is 10.7 Å². The van der Waals surface area contributed by atoms with Crippen LogP contribution < -0.4 is 15.6 Å². The topological polar surface area (TPSA) is 73.2 Å². The molecule has 0 saturated heterocycles. The Morgan fingerprint density at radius 2 is 1.52 bits per heavy atom. The van der Waals surface area contributed by atoms with Gasteiger partial charge in [-0.15, -0.1) is 0 Å². The summed E-state index contributed by atoms with van der Waals surface area (Å²) in [5, 5.41) is 7.26. The van der Waals surface area contributed by atoms with Gasteiger partial charge in [0.1, 0.15) is 11.5 Å². The van der Waals surface area contributed by atoms with Crippen LogP contribution in [0.4, 0.5) is 0 Å². The maximum atomic E-state index is 12.7. The number of para-hydroxylation sites is 2. The van der Waals surface area contributed by atoms with Crippen LogP contribution in [0.25, 0.3) is 11.3 Å². The van der Waals surface area contributed by atoms with Crippen molar-refractivity contribution < 1.29 is 9.53 Å². The van der Waals surface area contributed by atoms with Crippen LogP contribution in [0.5, 0.6) is 11.5 Å². The minimum Gasteiger partial charge on any atom is -0.457 e. The van der Waals surface area contributed by atoms with Crippen molar-refractivity contribution in [1.82, 2.24) is 15.1 Å². The molecule has 0 bridgehead atoms. The Morgan fingerprint density at radius 3 is 2.29 bits per heavy atom. The molecule has 0 spiro atoms. The molecule has 1 aromatic heterocycles. The van der Waals surface area contributed by atoms with Crippen LogP contribution in [0, 0.1) is 0 Å². The molecule has 0 aliphatic rings. The Morgan fingerprint density at radius 1 is 0.839 bits per heavy atom. The van der Waals surface area contributed by atoms with E-state index in [0.717, 1.165) is 5.56 Å². The second-order valence-corrected chi connectivity index (χ2v) is 6.81. The maximum absolute atomic E-state index is 12.7. The SMILES string of the molecule is O=C(NCCn1nc(-c2ccccc2)ccc1=O)c1ccccc1Oc1ccccc1. The van der Waals surface area contributed by atoms with Gasteiger partial charge in [0.05, 0.1) is 17.8 Å². The van der Waals surface area contributed by atoms with Crippen LogP contribution in [0.15, 0.2) is 102 Å². The third kappa shape index (κ3) is 5.05. The van der Waals surface area contributed by atoms with Gasteiger partial charge in [-0.3, -0.25) is 9.59 Å². The van der Waals surface area contributed by atoms with Crippen LogP contribution >= 0.6 is 0 Å². The zero-order chi connectivity index (χ0) is 21.5. The lowest BCUT2D eigenvalue weighted by Crippen LogP contribution is -2.32. The smallest absolute Gasteiger partial charge is 0.266 e. The molecule has 6 nitrogen and oxygen atoms in total. The number of ether oxygens (including phenoxy) is 1. The average Bonchev–Trinajstić information content (AvgIpc) is 2.82. The van der Waals surface area contributed by atoms with E-state index in [1.807, 2.05) is 66.7 Å². The van der Waals surface area contributed by atoms with Gasteiger partial charge >= 0.3 is 0 Å². The molecular weight excluding hydrogens is 390 g/mol. The van der Waals surface area contributed by atoms with Gasteiger partial charge in [-0.05, 0) is 30.3 Å². The third-order valence-electron chi connectivity index (χ3n) is 4.65. The summed E-state index contributed by atoms with van der Waals surface area (Å²) in [6, 6.07) is 29.1. The zero-order valence-corrected chi connectivity index (χ0v) is 16.8. The Balaban J connectivity index is 1.43. The van der Waals surface area contributed by atoms with E-state index in [2.05, 4.69) is 10.4 Å². The van der Waals surface area contributed by atoms with Gasteiger partial charge in [0, 0.05) is 18.2 Å². The summed E-state index contributed by atoms with van der Waals surface area (Å²) in [6.45, 7) is 0.511. The van der Waals surface area contributed by atoms with Crippen molar-refractivity contribution in [3.05, 3.63) is 113 Å². The molecule has 0 aliphatic heterocycles. The molecular formula is C25H21N3O3. The lowest BCUT2D eigenvalue weighted by Gasteiger charge is -2.12. The number of benzene rings is 3. The van der Waals surface area contributed by atoms with E-state index >= 15 is 0 Å². The molecule has 1 N–H and O–H groups in total. The van der Waals surface area contributed by atoms with E-state index in [-0.39, 0.29) is 24.6 Å². The molecule has 31 heavy (non-hydrogen) atoms. The lowest BCUT2D eigenvalue weighted by molar-refractivity contribution is 0.0949. The summed E-state index contributed by atoms with van der Waals surface area (Å²) < 4.78 is 7.21. The van der Waals surface area contributed by atoms with E-state index in [4.69, 9.17) is 4.74 Å². The molecule has 4 aromatic rings. The average molecular weight is 411 g/mol. The first kappa shape index (κ1) is 20.1. The summed E-state index contributed by atoms with van der Waals surface area (Å²) in [6.07, 6.45) is 0. The fourth-order valence-electron chi connectivity index (χ4n) is 3.10. The maximum Gasteiger partial charge on any atom is 0.266 e. The van der Waals surface area contributed by atoms with Gasteiger partial charge in [-0.1, -0.05) is 60.7 Å². The Hall–Kier alpha value is -4.19. The molecule has 1 heterocycles. The van der Waals surface area contributed by atoms with Crippen LogP contribution in [-0.2, 0) is 6.54 Å². The van der Waals surface area contributed by atoms with Crippen molar-refractivity contribution in [2.75, 3.05) is 6.54 Å². The van der Waals surface area contributed by atoms with E-state index in [0.29, 0.717) is 22.8 Å². The first-order chi connectivity index (χ1) is 15.2. The summed E-state index contributed by atoms with van der Waals surface area (Å²) in [4.78, 5) is 24.9. The van der Waals surface area contributed by atoms with Crippen molar-refractivity contribution in [3.8, 4) is 22.8 Å². The number of hydrogen-bond acceptors (Lipinski definition) is 4. The number of aromatic nitrogens is 2. The highest BCUT2D eigenvalue weighted by Gasteiger charge is 2.13. The number of rotatable bonds is 7. The highest BCUT2D eigenvalue weighted by molar-refractivity contribution is 5.97. The van der Waals surface area contributed by atoms with Crippen LogP contribution in [-0.4, -0.2) is 22.2 Å². The number of carbonyl (C=O) groups excluding carboxylic acids is 1. The second kappa shape index (κ2) is 9.54. The quantitative estimate of drug-likeness (QED) is 0.496. The van der Waals surface area contributed by atoms with Gasteiger partial charge in [-0.25, -0.2) is 4.68 Å². The highest BCUT2D eigenvalue weighted by Crippen LogP contribution is 2.24. The Kier molecular flexibility index (Phi) is 6.18. The van der Waals surface area contributed by atoms with E-state index in [9.17, 15) is 9.59 Å². The molecule has 0 saturated carbocycles. The van der Waals surface area contributed by atoms with E-state index < -0.39 is 0 Å². The molecule has 4 rings (SSSR count). The number of carbonyl (C=O) groups is 1. The monoisotopic (exact) mass is 411 g/mol. The molecule has 0 unspecified atom stereocenters. The van der Waals surface area contributed by atoms with Crippen molar-refractivity contribution >= 4 is 5.91 Å². The molecule has 3 aromatic carbocycles. The minimum absolute atomic E-state index is 0.221. The van der Waals surface area contributed by atoms with Crippen LogP contribution in [0.3, 0.4) is 0 Å². The standard InChI is InChI=1S/C25H21N3O3/c29-24-16-15-22(19-9-3-1-4-10-19)27-28(24)18-17-26-25(30)21-13-7-8-14-23(21)31-20-11-5-2-6-12-20/h1-16H,17-18H2,(H,26,30). The largest absolute Gasteiger partial charge is 0.457 e. The molecule has 0 fully saturated rings. The highest BCUT2D eigenvalue weighted by atomic mass is 16.5. The van der Waals surface area contributed by atoms with Crippen LogP contribution in [0.2, 0.25) is 0 Å². The predicted molar refractivity (Wildman–Crippen MR) is 119 cm³/mol. The second-order valence-electron chi connectivity index (χ2n) is 6.81. The van der Waals surface area contributed by atoms with E-state index in [1.54, 1.807) is 24.3 Å². The number of nitrogens with zero attached hydrogens (tertiary/aromatic N) is 2. The first-order valence-corrected chi connectivity index (χ1v) is 9.94. The third-order valence-corrected chi connectivity index (χ3v) is 4.65. The molecule has 1 amide bonds. The Labute approximate surface area is 179 Å². The first-order valence-electron chi connectivity index (χ1n) is 9.94. The van der Waals surface area contributed by atoms with Crippen LogP contribution in [0.1, 0.15) is 10.4 Å². The summed E-state index contributed by atoms with van der Waals surface area (Å²) in [5.41, 5.74) is 1.83. The van der Waals surface area contributed by atoms with Gasteiger partial charge in [0.15, 0.2) is 0 Å².